The van der Waals surface area contributed by atoms with Crippen molar-refractivity contribution in [2.45, 2.75) is 56.6 Å². The van der Waals surface area contributed by atoms with Crippen molar-refractivity contribution in [1.82, 2.24) is 0 Å². The number of sulfone groups is 2. The lowest BCUT2D eigenvalue weighted by Crippen LogP contribution is -2.18. The molecule has 2 aromatic carbocycles. The van der Waals surface area contributed by atoms with E-state index in [0.29, 0.717) is 60.9 Å². The number of methoxy groups -OCH3 is 3. The normalized spacial score (nSPS) is 17.4. The number of benzene rings is 2. The first-order chi connectivity index (χ1) is 19.0. The van der Waals surface area contributed by atoms with Crippen LogP contribution < -0.4 is 23.7 Å². The number of hydrogen-bond donors (Lipinski definition) is 0. The summed E-state index contributed by atoms with van der Waals surface area (Å²) in [4.78, 5) is -0.0898. The molecule has 0 saturated carbocycles. The fraction of sp³-hybridized carbons (Fsp3) is 0.571. The fourth-order valence-electron chi connectivity index (χ4n) is 4.47. The molecule has 224 valence electrons. The summed E-state index contributed by atoms with van der Waals surface area (Å²) in [6, 6.07) is 6.97. The lowest BCUT2D eigenvalue weighted by atomic mass is 10.0. The van der Waals surface area contributed by atoms with Gasteiger partial charge >= 0.3 is 0 Å². The van der Waals surface area contributed by atoms with Crippen molar-refractivity contribution in [3.8, 4) is 28.7 Å². The Labute approximate surface area is 237 Å². The maximum Gasteiger partial charge on any atom is 0.203 e. The lowest BCUT2D eigenvalue weighted by molar-refractivity contribution is 0.0435. The monoisotopic (exact) mass is 600 g/mol. The van der Waals surface area contributed by atoms with Crippen LogP contribution in [0.2, 0.25) is 0 Å². The predicted molar refractivity (Wildman–Crippen MR) is 152 cm³/mol. The molecule has 12 heteroatoms. The molecule has 0 radical (unpaired) electrons. The quantitative estimate of drug-likeness (QED) is 0.284. The van der Waals surface area contributed by atoms with E-state index in [1.807, 2.05) is 26.0 Å². The van der Waals surface area contributed by atoms with Crippen LogP contribution in [-0.2, 0) is 24.4 Å². The van der Waals surface area contributed by atoms with E-state index in [1.54, 1.807) is 20.3 Å². The molecule has 2 atom stereocenters. The van der Waals surface area contributed by atoms with Gasteiger partial charge in [0.1, 0.15) is 14.7 Å². The standard InChI is InChI=1S/C28H40O10S2/c1-7-11-36-25-17-20(18-26(28(25)37-12-8-2)40(31,32)14-13-39(6,29)30)22-10-9-21(38-22)19-15-23(33-3)27(35-5)24(16-19)34-4/h15-18,21-22H,7-14H2,1-6H3. The van der Waals surface area contributed by atoms with Crippen molar-refractivity contribution in [3.63, 3.8) is 0 Å². The van der Waals surface area contributed by atoms with Crippen LogP contribution in [0.3, 0.4) is 0 Å². The van der Waals surface area contributed by atoms with Gasteiger partial charge in [-0.15, -0.1) is 0 Å². The van der Waals surface area contributed by atoms with Gasteiger partial charge in [-0.1, -0.05) is 13.8 Å². The Morgan fingerprint density at radius 2 is 1.25 bits per heavy atom. The molecule has 1 saturated heterocycles. The van der Waals surface area contributed by atoms with Crippen LogP contribution >= 0.6 is 0 Å². The van der Waals surface area contributed by atoms with Crippen LogP contribution in [0.5, 0.6) is 28.7 Å². The van der Waals surface area contributed by atoms with Gasteiger partial charge in [0, 0.05) is 6.26 Å². The van der Waals surface area contributed by atoms with Crippen molar-refractivity contribution in [1.29, 1.82) is 0 Å². The number of rotatable bonds is 15. The SMILES string of the molecule is CCCOc1cc(C2CCC(c3cc(OC)c(OC)c(OC)c3)O2)cc(S(=O)(=O)CCS(C)(=O)=O)c1OCCC. The first-order valence-corrected chi connectivity index (χ1v) is 17.0. The molecule has 1 aliphatic rings. The number of hydrogen-bond acceptors (Lipinski definition) is 10. The Hall–Kier alpha value is -2.70. The molecular formula is C28H40O10S2. The Bertz CT molecular complexity index is 1340. The molecule has 1 heterocycles. The molecule has 1 fully saturated rings. The van der Waals surface area contributed by atoms with Gasteiger partial charge in [-0.05, 0) is 61.1 Å². The summed E-state index contributed by atoms with van der Waals surface area (Å²) in [5.41, 5.74) is 1.45. The predicted octanol–water partition coefficient (Wildman–Crippen LogP) is 4.70. The molecule has 0 spiro atoms. The summed E-state index contributed by atoms with van der Waals surface area (Å²) in [5.74, 6) is 0.836. The van der Waals surface area contributed by atoms with Crippen molar-refractivity contribution in [2.24, 2.45) is 0 Å². The van der Waals surface area contributed by atoms with Crippen molar-refractivity contribution in [2.75, 3.05) is 52.3 Å². The van der Waals surface area contributed by atoms with Crippen LogP contribution in [0.1, 0.15) is 62.9 Å². The minimum absolute atomic E-state index is 0.0898. The Morgan fingerprint density at radius 3 is 1.75 bits per heavy atom. The first-order valence-electron chi connectivity index (χ1n) is 13.3. The van der Waals surface area contributed by atoms with Gasteiger partial charge in [0.05, 0.1) is 58.3 Å². The van der Waals surface area contributed by atoms with Crippen LogP contribution in [-0.4, -0.2) is 69.1 Å². The van der Waals surface area contributed by atoms with Gasteiger partial charge < -0.3 is 28.4 Å². The molecular weight excluding hydrogens is 560 g/mol. The summed E-state index contributed by atoms with van der Waals surface area (Å²) >= 11 is 0. The fourth-order valence-corrected chi connectivity index (χ4v) is 7.53. The highest BCUT2D eigenvalue weighted by Crippen LogP contribution is 2.48. The maximum atomic E-state index is 13.5. The molecule has 2 aromatic rings. The summed E-state index contributed by atoms with van der Waals surface area (Å²) in [6.07, 6.45) is 2.91. The molecule has 10 nitrogen and oxygen atoms in total. The second-order valence-electron chi connectivity index (χ2n) is 9.64. The number of ether oxygens (including phenoxy) is 6. The molecule has 2 unspecified atom stereocenters. The zero-order valence-corrected chi connectivity index (χ0v) is 25.7. The summed E-state index contributed by atoms with van der Waals surface area (Å²) < 4.78 is 85.2. The van der Waals surface area contributed by atoms with E-state index in [-0.39, 0.29) is 23.4 Å². The van der Waals surface area contributed by atoms with Gasteiger partial charge in [0.25, 0.3) is 0 Å². The Morgan fingerprint density at radius 1 is 0.725 bits per heavy atom. The van der Waals surface area contributed by atoms with Gasteiger partial charge in [-0.3, -0.25) is 0 Å². The molecule has 0 bridgehead atoms. The topological polar surface area (TPSA) is 124 Å². The summed E-state index contributed by atoms with van der Waals surface area (Å²) in [7, 11) is -2.91. The first kappa shape index (κ1) is 31.8. The zero-order chi connectivity index (χ0) is 29.5. The van der Waals surface area contributed by atoms with E-state index >= 15 is 0 Å². The molecule has 1 aliphatic heterocycles. The van der Waals surface area contributed by atoms with Gasteiger partial charge in [-0.2, -0.15) is 0 Å². The molecule has 3 rings (SSSR count). The van der Waals surface area contributed by atoms with Crippen molar-refractivity contribution in [3.05, 3.63) is 35.4 Å². The third-order valence-electron chi connectivity index (χ3n) is 6.46. The second-order valence-corrected chi connectivity index (χ2v) is 14.0. The summed E-state index contributed by atoms with van der Waals surface area (Å²) in [6.45, 7) is 4.49. The van der Waals surface area contributed by atoms with E-state index in [1.165, 1.54) is 13.2 Å². The third kappa shape index (κ3) is 7.73. The molecule has 40 heavy (non-hydrogen) atoms. The van der Waals surface area contributed by atoms with Gasteiger partial charge in [0.15, 0.2) is 32.8 Å². The highest BCUT2D eigenvalue weighted by molar-refractivity contribution is 7.94. The van der Waals surface area contributed by atoms with Crippen LogP contribution in [0.4, 0.5) is 0 Å². The molecule has 0 aliphatic carbocycles. The smallest absolute Gasteiger partial charge is 0.203 e. The Kier molecular flexibility index (Phi) is 11.0. The minimum Gasteiger partial charge on any atom is -0.493 e. The average molecular weight is 601 g/mol. The Balaban J connectivity index is 2.04. The third-order valence-corrected chi connectivity index (χ3v) is 9.38. The van der Waals surface area contributed by atoms with E-state index in [4.69, 9.17) is 28.4 Å². The highest BCUT2D eigenvalue weighted by Gasteiger charge is 2.33. The lowest BCUT2D eigenvalue weighted by Gasteiger charge is -2.21. The van der Waals surface area contributed by atoms with Gasteiger partial charge in [0.2, 0.25) is 5.75 Å². The molecule has 0 amide bonds. The average Bonchev–Trinajstić information content (AvgIpc) is 3.43. The van der Waals surface area contributed by atoms with E-state index in [0.717, 1.165) is 11.8 Å². The van der Waals surface area contributed by atoms with E-state index in [2.05, 4.69) is 0 Å². The molecule has 0 aromatic heterocycles. The highest BCUT2D eigenvalue weighted by atomic mass is 32.2. The van der Waals surface area contributed by atoms with Crippen molar-refractivity contribution < 1.29 is 45.3 Å². The van der Waals surface area contributed by atoms with E-state index < -0.39 is 37.3 Å². The van der Waals surface area contributed by atoms with Crippen LogP contribution in [0, 0.1) is 0 Å². The van der Waals surface area contributed by atoms with Crippen LogP contribution in [0.15, 0.2) is 29.2 Å². The minimum atomic E-state index is -4.03. The van der Waals surface area contributed by atoms with E-state index in [9.17, 15) is 16.8 Å². The zero-order valence-electron chi connectivity index (χ0n) is 24.0. The largest absolute Gasteiger partial charge is 0.493 e. The maximum absolute atomic E-state index is 13.5. The van der Waals surface area contributed by atoms with Crippen LogP contribution in [0.25, 0.3) is 0 Å². The second kappa shape index (κ2) is 13.8. The van der Waals surface area contributed by atoms with Gasteiger partial charge in [-0.25, -0.2) is 16.8 Å². The van der Waals surface area contributed by atoms with Crippen molar-refractivity contribution >= 4 is 19.7 Å². The summed E-state index contributed by atoms with van der Waals surface area (Å²) in [5, 5.41) is 0. The molecule has 0 N–H and O–H groups in total.